The van der Waals surface area contributed by atoms with Crippen LogP contribution in [0.4, 0.5) is 8.78 Å². The summed E-state index contributed by atoms with van der Waals surface area (Å²) in [6.07, 6.45) is 6.11. The molecule has 0 aliphatic rings. The lowest BCUT2D eigenvalue weighted by molar-refractivity contribution is 0.275. The molecule has 0 saturated carbocycles. The Hall–Kier alpha value is -2.62. The second-order valence-corrected chi connectivity index (χ2v) is 7.60. The number of hydrogen-bond acceptors (Lipinski definition) is 2. The maximum Gasteiger partial charge on any atom is 0.190 e. The van der Waals surface area contributed by atoms with Crippen LogP contribution in [0.3, 0.4) is 0 Å². The second-order valence-electron chi connectivity index (χ2n) is 7.60. The Morgan fingerprint density at radius 1 is 0.633 bits per heavy atom. The van der Waals surface area contributed by atoms with E-state index in [-0.39, 0.29) is 5.75 Å². The summed E-state index contributed by atoms with van der Waals surface area (Å²) in [7, 11) is 0. The molecule has 0 saturated heterocycles. The third-order valence-corrected chi connectivity index (χ3v) is 5.15. The van der Waals surface area contributed by atoms with Gasteiger partial charge in [-0.2, -0.15) is 0 Å². The molecule has 0 atom stereocenters. The number of ether oxygens (including phenoxy) is 2. The van der Waals surface area contributed by atoms with Crippen molar-refractivity contribution in [1.82, 2.24) is 0 Å². The molecule has 0 amide bonds. The molecule has 0 N–H and O–H groups in total. The lowest BCUT2D eigenvalue weighted by atomic mass is 10.0. The standard InChI is InChI=1S/C26H30F2O2/c1-3-5-7-8-14-30-26-24(27)17-22(18-25(26)28)20-9-10-21-16-23(29-13-6-4-2)12-11-19(21)15-20/h9-12,15-18H,3-8,13-14H2,1-2H3. The number of halogens is 2. The molecule has 4 heteroatoms. The van der Waals surface area contributed by atoms with Crippen LogP contribution in [0.15, 0.2) is 48.5 Å². The van der Waals surface area contributed by atoms with Crippen LogP contribution in [-0.2, 0) is 0 Å². The lowest BCUT2D eigenvalue weighted by Crippen LogP contribution is -2.02. The molecule has 3 aromatic carbocycles. The summed E-state index contributed by atoms with van der Waals surface area (Å²) in [6, 6.07) is 14.3. The molecule has 0 fully saturated rings. The Kier molecular flexibility index (Phi) is 8.06. The topological polar surface area (TPSA) is 18.5 Å². The van der Waals surface area contributed by atoms with Crippen LogP contribution in [0.1, 0.15) is 52.4 Å². The molecule has 0 spiro atoms. The summed E-state index contributed by atoms with van der Waals surface area (Å²) in [6.45, 7) is 5.27. The van der Waals surface area contributed by atoms with Crippen molar-refractivity contribution >= 4 is 10.8 Å². The van der Waals surface area contributed by atoms with Crippen molar-refractivity contribution in [3.05, 3.63) is 60.2 Å². The molecule has 0 unspecified atom stereocenters. The maximum atomic E-state index is 14.5. The zero-order chi connectivity index (χ0) is 21.3. The van der Waals surface area contributed by atoms with E-state index < -0.39 is 11.6 Å². The minimum absolute atomic E-state index is 0.287. The van der Waals surface area contributed by atoms with Crippen molar-refractivity contribution in [2.45, 2.75) is 52.4 Å². The molecule has 3 rings (SSSR count). The Morgan fingerprint density at radius 2 is 1.30 bits per heavy atom. The van der Waals surface area contributed by atoms with E-state index in [1.54, 1.807) is 0 Å². The van der Waals surface area contributed by atoms with E-state index in [4.69, 9.17) is 9.47 Å². The van der Waals surface area contributed by atoms with Crippen molar-refractivity contribution in [2.24, 2.45) is 0 Å². The predicted octanol–water partition coefficient (Wildman–Crippen LogP) is 7.92. The predicted molar refractivity (Wildman–Crippen MR) is 119 cm³/mol. The van der Waals surface area contributed by atoms with Gasteiger partial charge in [-0.15, -0.1) is 0 Å². The molecular weight excluding hydrogens is 382 g/mol. The summed E-state index contributed by atoms with van der Waals surface area (Å²) in [5, 5.41) is 2.02. The molecule has 0 aliphatic heterocycles. The minimum atomic E-state index is -0.666. The maximum absolute atomic E-state index is 14.5. The molecular formula is C26H30F2O2. The lowest BCUT2D eigenvalue weighted by Gasteiger charge is -2.11. The van der Waals surface area contributed by atoms with E-state index >= 15 is 0 Å². The highest BCUT2D eigenvalue weighted by atomic mass is 19.1. The normalized spacial score (nSPS) is 11.1. The van der Waals surface area contributed by atoms with Gasteiger partial charge in [-0.05, 0) is 65.1 Å². The first-order valence-electron chi connectivity index (χ1n) is 10.9. The summed E-state index contributed by atoms with van der Waals surface area (Å²) < 4.78 is 40.1. The Bertz CT molecular complexity index is 945. The van der Waals surface area contributed by atoms with Gasteiger partial charge in [0.15, 0.2) is 17.4 Å². The first kappa shape index (κ1) is 22.1. The van der Waals surface area contributed by atoms with Crippen molar-refractivity contribution < 1.29 is 18.3 Å². The van der Waals surface area contributed by atoms with Gasteiger partial charge in [0.05, 0.1) is 13.2 Å². The number of benzene rings is 3. The second kappa shape index (κ2) is 11.0. The van der Waals surface area contributed by atoms with Gasteiger partial charge in [-0.1, -0.05) is 57.7 Å². The smallest absolute Gasteiger partial charge is 0.190 e. The van der Waals surface area contributed by atoms with Gasteiger partial charge in [0.1, 0.15) is 5.75 Å². The van der Waals surface area contributed by atoms with Gasteiger partial charge in [-0.25, -0.2) is 8.78 Å². The molecule has 3 aromatic rings. The Labute approximate surface area is 177 Å². The third kappa shape index (κ3) is 5.71. The largest absolute Gasteiger partial charge is 0.494 e. The van der Waals surface area contributed by atoms with Gasteiger partial charge in [0.2, 0.25) is 0 Å². The number of fused-ring (bicyclic) bond motifs is 1. The molecule has 0 aliphatic carbocycles. The van der Waals surface area contributed by atoms with Gasteiger partial charge in [-0.3, -0.25) is 0 Å². The summed E-state index contributed by atoms with van der Waals surface area (Å²) in [5.74, 6) is -0.786. The highest BCUT2D eigenvalue weighted by Gasteiger charge is 2.14. The van der Waals surface area contributed by atoms with Gasteiger partial charge < -0.3 is 9.47 Å². The highest BCUT2D eigenvalue weighted by molar-refractivity contribution is 5.88. The van der Waals surface area contributed by atoms with E-state index in [1.807, 2.05) is 36.4 Å². The van der Waals surface area contributed by atoms with Gasteiger partial charge >= 0.3 is 0 Å². The van der Waals surface area contributed by atoms with Gasteiger partial charge in [0.25, 0.3) is 0 Å². The van der Waals surface area contributed by atoms with Crippen molar-refractivity contribution in [2.75, 3.05) is 13.2 Å². The first-order chi connectivity index (χ1) is 14.6. The van der Waals surface area contributed by atoms with Gasteiger partial charge in [0, 0.05) is 0 Å². The average Bonchev–Trinajstić information content (AvgIpc) is 2.75. The van der Waals surface area contributed by atoms with Crippen LogP contribution in [0.25, 0.3) is 21.9 Å². The SMILES string of the molecule is CCCCCCOc1c(F)cc(-c2ccc3cc(OCCCC)ccc3c2)cc1F. The van der Waals surface area contributed by atoms with E-state index in [2.05, 4.69) is 13.8 Å². The Balaban J connectivity index is 1.75. The first-order valence-corrected chi connectivity index (χ1v) is 10.9. The zero-order valence-corrected chi connectivity index (χ0v) is 17.8. The number of unbranched alkanes of at least 4 members (excludes halogenated alkanes) is 4. The van der Waals surface area contributed by atoms with Crippen LogP contribution in [0.2, 0.25) is 0 Å². The summed E-state index contributed by atoms with van der Waals surface area (Å²) in [5.41, 5.74) is 1.25. The van der Waals surface area contributed by atoms with E-state index in [0.717, 1.165) is 60.6 Å². The fourth-order valence-corrected chi connectivity index (χ4v) is 3.40. The van der Waals surface area contributed by atoms with Crippen LogP contribution in [-0.4, -0.2) is 13.2 Å². The quantitative estimate of drug-likeness (QED) is 0.298. The molecule has 0 radical (unpaired) electrons. The monoisotopic (exact) mass is 412 g/mol. The average molecular weight is 413 g/mol. The van der Waals surface area contributed by atoms with Crippen molar-refractivity contribution in [1.29, 1.82) is 0 Å². The minimum Gasteiger partial charge on any atom is -0.494 e. The summed E-state index contributed by atoms with van der Waals surface area (Å²) >= 11 is 0. The Morgan fingerprint density at radius 3 is 2.03 bits per heavy atom. The molecule has 2 nitrogen and oxygen atoms in total. The fourth-order valence-electron chi connectivity index (χ4n) is 3.40. The zero-order valence-electron chi connectivity index (χ0n) is 17.8. The third-order valence-electron chi connectivity index (χ3n) is 5.15. The molecule has 160 valence electrons. The van der Waals surface area contributed by atoms with Crippen LogP contribution >= 0.6 is 0 Å². The molecule has 0 aromatic heterocycles. The molecule has 0 heterocycles. The van der Waals surface area contributed by atoms with Crippen LogP contribution in [0, 0.1) is 11.6 Å². The number of rotatable bonds is 11. The van der Waals surface area contributed by atoms with E-state index in [1.165, 1.54) is 12.1 Å². The number of hydrogen-bond donors (Lipinski definition) is 0. The van der Waals surface area contributed by atoms with E-state index in [9.17, 15) is 8.78 Å². The molecule has 0 bridgehead atoms. The van der Waals surface area contributed by atoms with Crippen molar-refractivity contribution in [3.63, 3.8) is 0 Å². The van der Waals surface area contributed by atoms with Crippen LogP contribution in [0.5, 0.6) is 11.5 Å². The molecule has 30 heavy (non-hydrogen) atoms. The van der Waals surface area contributed by atoms with E-state index in [0.29, 0.717) is 18.8 Å². The van der Waals surface area contributed by atoms with Crippen molar-refractivity contribution in [3.8, 4) is 22.6 Å². The van der Waals surface area contributed by atoms with Crippen LogP contribution < -0.4 is 9.47 Å². The fraction of sp³-hybridized carbons (Fsp3) is 0.385. The summed E-state index contributed by atoms with van der Waals surface area (Å²) in [4.78, 5) is 0. The highest BCUT2D eigenvalue weighted by Crippen LogP contribution is 2.32.